The zero-order valence-electron chi connectivity index (χ0n) is 18.4. The van der Waals surface area contributed by atoms with E-state index in [-0.39, 0.29) is 17.1 Å². The molecule has 0 aliphatic heterocycles. The number of carbonyl (C=O) groups excluding carboxylic acids is 1. The first-order valence-electron chi connectivity index (χ1n) is 10.3. The third-order valence-corrected chi connectivity index (χ3v) is 4.84. The summed E-state index contributed by atoms with van der Waals surface area (Å²) >= 11 is 0. The summed E-state index contributed by atoms with van der Waals surface area (Å²) in [4.78, 5) is 11.9. The van der Waals surface area contributed by atoms with Gasteiger partial charge < -0.3 is 15.6 Å². The van der Waals surface area contributed by atoms with Gasteiger partial charge in [0.15, 0.2) is 0 Å². The Balaban J connectivity index is 4.40. The van der Waals surface area contributed by atoms with Crippen LogP contribution in [-0.4, -0.2) is 17.7 Å². The van der Waals surface area contributed by atoms with E-state index >= 15 is 0 Å². The number of hydrogen-bond acceptors (Lipinski definition) is 4. The Morgan fingerprint density at radius 2 is 1.67 bits per heavy atom. The molecule has 0 fully saturated rings. The lowest BCUT2D eigenvalue weighted by atomic mass is 9.86. The molecular formula is C23H41NO3. The molecular weight excluding hydrogens is 338 g/mol. The Bertz CT molecular complexity index is 536. The topological polar surface area (TPSA) is 72.5 Å². The Morgan fingerprint density at radius 1 is 1.07 bits per heavy atom. The van der Waals surface area contributed by atoms with Crippen LogP contribution in [-0.2, 0) is 9.53 Å². The molecule has 27 heavy (non-hydrogen) atoms. The highest BCUT2D eigenvalue weighted by atomic mass is 16.5. The Morgan fingerprint density at radius 3 is 2.22 bits per heavy atom. The molecule has 0 aliphatic carbocycles. The molecule has 0 rings (SSSR count). The van der Waals surface area contributed by atoms with Crippen LogP contribution in [0.15, 0.2) is 34.8 Å². The van der Waals surface area contributed by atoms with Gasteiger partial charge in [-0.3, -0.25) is 4.79 Å². The number of rotatable bonds is 12. The van der Waals surface area contributed by atoms with Crippen LogP contribution in [0.2, 0.25) is 0 Å². The Kier molecular flexibility index (Phi) is 12.6. The van der Waals surface area contributed by atoms with E-state index in [0.29, 0.717) is 25.1 Å². The summed E-state index contributed by atoms with van der Waals surface area (Å²) in [6.45, 7) is 12.6. The van der Waals surface area contributed by atoms with Gasteiger partial charge in [-0.15, -0.1) is 0 Å². The van der Waals surface area contributed by atoms with Gasteiger partial charge >= 0.3 is 5.97 Å². The molecule has 4 nitrogen and oxygen atoms in total. The molecule has 0 radical (unpaired) electrons. The van der Waals surface area contributed by atoms with Gasteiger partial charge in [0.05, 0.1) is 12.3 Å². The van der Waals surface area contributed by atoms with E-state index in [1.165, 1.54) is 25.7 Å². The minimum atomic E-state index is -0.180. The first-order valence-corrected chi connectivity index (χ1v) is 10.3. The Labute approximate surface area is 166 Å². The smallest absolute Gasteiger partial charge is 0.306 e. The summed E-state index contributed by atoms with van der Waals surface area (Å²) in [5.41, 5.74) is 7.97. The van der Waals surface area contributed by atoms with Crippen molar-refractivity contribution in [3.63, 3.8) is 0 Å². The lowest BCUT2D eigenvalue weighted by Gasteiger charge is -2.21. The van der Waals surface area contributed by atoms with Crippen LogP contribution in [0.4, 0.5) is 0 Å². The van der Waals surface area contributed by atoms with E-state index in [1.807, 2.05) is 40.7 Å². The Hall–Kier alpha value is -1.71. The molecule has 3 N–H and O–H groups in total. The van der Waals surface area contributed by atoms with Crippen molar-refractivity contribution in [1.29, 1.82) is 0 Å². The molecule has 0 saturated heterocycles. The molecule has 0 aromatic rings. The van der Waals surface area contributed by atoms with Crippen LogP contribution in [0, 0.1) is 5.41 Å². The highest BCUT2D eigenvalue weighted by Crippen LogP contribution is 2.28. The third kappa shape index (κ3) is 11.6. The molecule has 4 heteroatoms. The van der Waals surface area contributed by atoms with E-state index in [1.54, 1.807) is 6.08 Å². The number of ether oxygens (including phenoxy) is 1. The maximum Gasteiger partial charge on any atom is 0.306 e. The van der Waals surface area contributed by atoms with Crippen molar-refractivity contribution in [1.82, 2.24) is 0 Å². The predicted octanol–water partition coefficient (Wildman–Crippen LogP) is 6.34. The summed E-state index contributed by atoms with van der Waals surface area (Å²) in [6.07, 6.45) is 11.6. The molecule has 0 amide bonds. The fourth-order valence-corrected chi connectivity index (χ4v) is 2.53. The van der Waals surface area contributed by atoms with Gasteiger partial charge in [-0.2, -0.15) is 0 Å². The monoisotopic (exact) mass is 379 g/mol. The summed E-state index contributed by atoms with van der Waals surface area (Å²) in [7, 11) is 0. The number of nitrogens with two attached hydrogens (primary N) is 1. The second kappa shape index (κ2) is 13.5. The summed E-state index contributed by atoms with van der Waals surface area (Å²) in [5, 5.41) is 10.3. The second-order valence-electron chi connectivity index (χ2n) is 8.18. The number of aliphatic hydroxyl groups excluding tert-OH is 1. The van der Waals surface area contributed by atoms with Gasteiger partial charge in [-0.25, -0.2) is 0 Å². The standard InChI is InChI=1S/C23H41NO3/c1-7-9-10-11-12-13-16-27-21(25)15-14-19(8-2)17-20(24)22(26)18(3)23(4,5)6/h8,17,26H,7,9-16,24H2,1-6H3/b19-8-,20-17+,22-18-. The number of carbonyl (C=O) groups is 1. The van der Waals surface area contributed by atoms with Crippen molar-refractivity contribution in [3.8, 4) is 0 Å². The summed E-state index contributed by atoms with van der Waals surface area (Å²) in [6, 6.07) is 0. The lowest BCUT2D eigenvalue weighted by Crippen LogP contribution is -2.13. The summed E-state index contributed by atoms with van der Waals surface area (Å²) in [5.74, 6) is -0.0620. The average Bonchev–Trinajstić information content (AvgIpc) is 2.62. The van der Waals surface area contributed by atoms with Gasteiger partial charge in [-0.1, -0.05) is 65.9 Å². The number of allylic oxidation sites excluding steroid dienone is 4. The van der Waals surface area contributed by atoms with Crippen molar-refractivity contribution in [2.45, 2.75) is 92.9 Å². The van der Waals surface area contributed by atoms with Crippen molar-refractivity contribution in [2.75, 3.05) is 6.61 Å². The number of esters is 1. The number of aliphatic hydroxyl groups is 1. The number of unbranched alkanes of at least 4 members (excludes halogenated alkanes) is 5. The van der Waals surface area contributed by atoms with Crippen molar-refractivity contribution < 1.29 is 14.6 Å². The molecule has 0 bridgehead atoms. The van der Waals surface area contributed by atoms with Crippen molar-refractivity contribution in [2.24, 2.45) is 11.1 Å². The van der Waals surface area contributed by atoms with Gasteiger partial charge in [0.25, 0.3) is 0 Å². The van der Waals surface area contributed by atoms with Crippen LogP contribution < -0.4 is 5.73 Å². The molecule has 0 saturated carbocycles. The molecule has 0 unspecified atom stereocenters. The van der Waals surface area contributed by atoms with Crippen LogP contribution >= 0.6 is 0 Å². The van der Waals surface area contributed by atoms with Gasteiger partial charge in [-0.05, 0) is 49.3 Å². The fourth-order valence-electron chi connectivity index (χ4n) is 2.53. The first kappa shape index (κ1) is 25.3. The molecule has 0 aromatic heterocycles. The normalized spacial score (nSPS) is 14.1. The van der Waals surface area contributed by atoms with E-state index in [0.717, 1.165) is 24.0 Å². The van der Waals surface area contributed by atoms with Crippen LogP contribution in [0.1, 0.15) is 92.9 Å². The molecule has 0 heterocycles. The van der Waals surface area contributed by atoms with E-state index < -0.39 is 0 Å². The second-order valence-corrected chi connectivity index (χ2v) is 8.18. The van der Waals surface area contributed by atoms with Crippen LogP contribution in [0.5, 0.6) is 0 Å². The quantitative estimate of drug-likeness (QED) is 0.180. The maximum atomic E-state index is 11.9. The fraction of sp³-hybridized carbons (Fsp3) is 0.696. The predicted molar refractivity (Wildman–Crippen MR) is 114 cm³/mol. The maximum absolute atomic E-state index is 11.9. The SMILES string of the molecule is C\C=C(/C=C(N)\C(O)=C(/C)C(C)(C)C)CCC(=O)OCCCCCCCC. The lowest BCUT2D eigenvalue weighted by molar-refractivity contribution is -0.143. The van der Waals surface area contributed by atoms with E-state index in [9.17, 15) is 9.90 Å². The van der Waals surface area contributed by atoms with E-state index in [2.05, 4.69) is 6.92 Å². The van der Waals surface area contributed by atoms with Crippen LogP contribution in [0.25, 0.3) is 0 Å². The van der Waals surface area contributed by atoms with E-state index in [4.69, 9.17) is 10.5 Å². The summed E-state index contributed by atoms with van der Waals surface area (Å²) < 4.78 is 5.30. The number of hydrogen-bond donors (Lipinski definition) is 2. The highest BCUT2D eigenvalue weighted by molar-refractivity contribution is 5.69. The van der Waals surface area contributed by atoms with Crippen molar-refractivity contribution in [3.05, 3.63) is 34.8 Å². The zero-order valence-corrected chi connectivity index (χ0v) is 18.4. The zero-order chi connectivity index (χ0) is 20.9. The average molecular weight is 380 g/mol. The van der Waals surface area contributed by atoms with Crippen molar-refractivity contribution >= 4 is 5.97 Å². The van der Waals surface area contributed by atoms with Gasteiger partial charge in [0, 0.05) is 6.42 Å². The largest absolute Gasteiger partial charge is 0.506 e. The van der Waals surface area contributed by atoms with Gasteiger partial charge in [0.2, 0.25) is 0 Å². The molecule has 0 spiro atoms. The molecule has 0 atom stereocenters. The highest BCUT2D eigenvalue weighted by Gasteiger charge is 2.18. The molecule has 0 aliphatic rings. The van der Waals surface area contributed by atoms with Crippen LogP contribution in [0.3, 0.4) is 0 Å². The first-order chi connectivity index (χ1) is 12.6. The minimum Gasteiger partial charge on any atom is -0.506 e. The third-order valence-electron chi connectivity index (χ3n) is 4.84. The molecule has 156 valence electrons. The molecule has 0 aromatic carbocycles. The minimum absolute atomic E-state index is 0.118. The van der Waals surface area contributed by atoms with Gasteiger partial charge in [0.1, 0.15) is 5.76 Å².